The molecule has 140 valence electrons. The van der Waals surface area contributed by atoms with Crippen molar-refractivity contribution in [2.24, 2.45) is 0 Å². The first-order chi connectivity index (χ1) is 13.1. The van der Waals surface area contributed by atoms with Crippen molar-refractivity contribution in [3.05, 3.63) is 47.9 Å². The molecule has 2 atom stereocenters. The zero-order valence-electron chi connectivity index (χ0n) is 15.6. The molecule has 1 aliphatic rings. The predicted molar refractivity (Wildman–Crippen MR) is 104 cm³/mol. The fraction of sp³-hybridized carbons (Fsp3) is 0.400. The molecule has 7 nitrogen and oxygen atoms in total. The largest absolute Gasteiger partial charge is 0.391 e. The van der Waals surface area contributed by atoms with E-state index in [2.05, 4.69) is 31.7 Å². The summed E-state index contributed by atoms with van der Waals surface area (Å²) in [6.45, 7) is 3.98. The number of benzene rings is 1. The smallest absolute Gasteiger partial charge is 0.227 e. The monoisotopic (exact) mass is 364 g/mol. The minimum Gasteiger partial charge on any atom is -0.391 e. The molecule has 0 saturated heterocycles. The molecule has 1 aromatic carbocycles. The Morgan fingerprint density at radius 1 is 1.15 bits per heavy atom. The van der Waals surface area contributed by atoms with Gasteiger partial charge in [0.15, 0.2) is 0 Å². The average Bonchev–Trinajstić information content (AvgIpc) is 3.11. The second-order valence-corrected chi connectivity index (χ2v) is 7.24. The quantitative estimate of drug-likeness (QED) is 0.736. The number of hydrogen-bond acceptors (Lipinski definition) is 6. The molecule has 1 saturated carbocycles. The molecule has 0 radical (unpaired) electrons. The summed E-state index contributed by atoms with van der Waals surface area (Å²) in [7, 11) is 0. The molecular formula is C20H24N6O. The van der Waals surface area contributed by atoms with Crippen LogP contribution in [-0.2, 0) is 0 Å². The maximum Gasteiger partial charge on any atom is 0.227 e. The summed E-state index contributed by atoms with van der Waals surface area (Å²) in [5.74, 6) is 0.570. The molecule has 0 amide bonds. The fourth-order valence-corrected chi connectivity index (χ4v) is 3.61. The second-order valence-electron chi connectivity index (χ2n) is 7.24. The van der Waals surface area contributed by atoms with Gasteiger partial charge in [-0.3, -0.25) is 0 Å². The lowest BCUT2D eigenvalue weighted by molar-refractivity contribution is 0.0685. The fourth-order valence-electron chi connectivity index (χ4n) is 3.61. The normalized spacial score (nSPS) is 19.8. The molecule has 0 spiro atoms. The number of nitrogens with zero attached hydrogens (tertiary/aromatic N) is 5. The van der Waals surface area contributed by atoms with Gasteiger partial charge in [-0.1, -0.05) is 18.1 Å². The Labute approximate surface area is 158 Å². The summed E-state index contributed by atoms with van der Waals surface area (Å²) in [5, 5.41) is 22.1. The van der Waals surface area contributed by atoms with E-state index in [1.54, 1.807) is 6.20 Å². The SMILES string of the molecule is Cc1cc(Nc2nccc(C)n2)cc(-c2cn([C@H]3CCCC[C@@H]3O)nn2)c1. The van der Waals surface area contributed by atoms with Gasteiger partial charge in [0.25, 0.3) is 0 Å². The summed E-state index contributed by atoms with van der Waals surface area (Å²) in [5.41, 5.74) is 4.69. The van der Waals surface area contributed by atoms with Crippen LogP contribution in [0.2, 0.25) is 0 Å². The molecule has 2 heterocycles. The summed E-state index contributed by atoms with van der Waals surface area (Å²) in [4.78, 5) is 8.65. The number of anilines is 2. The highest BCUT2D eigenvalue weighted by atomic mass is 16.3. The van der Waals surface area contributed by atoms with Gasteiger partial charge in [0, 0.05) is 23.1 Å². The lowest BCUT2D eigenvalue weighted by atomic mass is 9.93. The van der Waals surface area contributed by atoms with Crippen LogP contribution in [0.5, 0.6) is 0 Å². The van der Waals surface area contributed by atoms with Crippen LogP contribution in [0.25, 0.3) is 11.3 Å². The molecule has 0 aliphatic heterocycles. The Kier molecular flexibility index (Phi) is 4.85. The van der Waals surface area contributed by atoms with Gasteiger partial charge < -0.3 is 10.4 Å². The molecule has 3 aromatic rings. The van der Waals surface area contributed by atoms with Crippen LogP contribution in [0.15, 0.2) is 36.7 Å². The minimum absolute atomic E-state index is 0.0168. The van der Waals surface area contributed by atoms with Gasteiger partial charge in [0.1, 0.15) is 5.69 Å². The van der Waals surface area contributed by atoms with E-state index in [1.807, 2.05) is 42.9 Å². The zero-order valence-corrected chi connectivity index (χ0v) is 15.6. The summed E-state index contributed by atoms with van der Waals surface area (Å²) in [6.07, 6.45) is 7.29. The van der Waals surface area contributed by atoms with Gasteiger partial charge in [0.2, 0.25) is 5.95 Å². The molecule has 2 aromatic heterocycles. The maximum absolute atomic E-state index is 10.3. The highest BCUT2D eigenvalue weighted by molar-refractivity contribution is 5.68. The van der Waals surface area contributed by atoms with Gasteiger partial charge in [-0.25, -0.2) is 14.6 Å². The van der Waals surface area contributed by atoms with Crippen LogP contribution >= 0.6 is 0 Å². The van der Waals surface area contributed by atoms with Gasteiger partial charge in [-0.2, -0.15) is 0 Å². The third kappa shape index (κ3) is 3.98. The van der Waals surface area contributed by atoms with Crippen molar-refractivity contribution in [1.82, 2.24) is 25.0 Å². The molecule has 27 heavy (non-hydrogen) atoms. The first-order valence-corrected chi connectivity index (χ1v) is 9.37. The Bertz CT molecular complexity index is 938. The van der Waals surface area contributed by atoms with Crippen LogP contribution in [0, 0.1) is 13.8 Å². The zero-order chi connectivity index (χ0) is 18.8. The Balaban J connectivity index is 1.60. The van der Waals surface area contributed by atoms with Crippen LogP contribution < -0.4 is 5.32 Å². The molecule has 1 fully saturated rings. The topological polar surface area (TPSA) is 88.8 Å². The number of aryl methyl sites for hydroxylation is 2. The van der Waals surface area contributed by atoms with Crippen LogP contribution in [0.1, 0.15) is 43.0 Å². The minimum atomic E-state index is -0.346. The molecule has 7 heteroatoms. The van der Waals surface area contributed by atoms with E-state index in [9.17, 15) is 5.11 Å². The van der Waals surface area contributed by atoms with E-state index in [0.717, 1.165) is 53.9 Å². The number of hydrogen-bond donors (Lipinski definition) is 2. The Morgan fingerprint density at radius 2 is 2.00 bits per heavy atom. The number of aliphatic hydroxyl groups excluding tert-OH is 1. The third-order valence-corrected chi connectivity index (χ3v) is 4.97. The van der Waals surface area contributed by atoms with Crippen molar-refractivity contribution in [1.29, 1.82) is 0 Å². The van der Waals surface area contributed by atoms with Crippen molar-refractivity contribution >= 4 is 11.6 Å². The van der Waals surface area contributed by atoms with Gasteiger partial charge in [-0.05, 0) is 56.5 Å². The first-order valence-electron chi connectivity index (χ1n) is 9.37. The molecule has 0 bridgehead atoms. The Hall–Kier alpha value is -2.80. The number of aliphatic hydroxyl groups is 1. The second kappa shape index (κ2) is 7.44. The molecule has 2 N–H and O–H groups in total. The van der Waals surface area contributed by atoms with Crippen molar-refractivity contribution in [3.8, 4) is 11.3 Å². The van der Waals surface area contributed by atoms with Crippen molar-refractivity contribution < 1.29 is 5.11 Å². The van der Waals surface area contributed by atoms with E-state index in [1.165, 1.54) is 0 Å². The van der Waals surface area contributed by atoms with Crippen LogP contribution in [0.4, 0.5) is 11.6 Å². The number of rotatable bonds is 4. The molecule has 1 aliphatic carbocycles. The van der Waals surface area contributed by atoms with E-state index in [0.29, 0.717) is 5.95 Å². The first kappa shape index (κ1) is 17.6. The maximum atomic E-state index is 10.3. The van der Waals surface area contributed by atoms with Crippen molar-refractivity contribution in [2.75, 3.05) is 5.32 Å². The highest BCUT2D eigenvalue weighted by Gasteiger charge is 2.25. The summed E-state index contributed by atoms with van der Waals surface area (Å²) < 4.78 is 1.82. The average molecular weight is 364 g/mol. The molecule has 0 unspecified atom stereocenters. The predicted octanol–water partition coefficient (Wildman–Crippen LogP) is 3.57. The van der Waals surface area contributed by atoms with Crippen molar-refractivity contribution in [2.45, 2.75) is 51.7 Å². The number of aromatic nitrogens is 5. The standard InChI is InChI=1S/C20H24N6O/c1-13-9-15(11-16(10-13)23-20-21-8-7-14(2)22-20)17-12-26(25-24-17)18-5-3-4-6-19(18)27/h7-12,18-19,27H,3-6H2,1-2H3,(H,21,22,23)/t18-,19-/m0/s1. The molecular weight excluding hydrogens is 340 g/mol. The van der Waals surface area contributed by atoms with E-state index >= 15 is 0 Å². The van der Waals surface area contributed by atoms with E-state index in [4.69, 9.17) is 0 Å². The lowest BCUT2D eigenvalue weighted by Gasteiger charge is -2.27. The summed E-state index contributed by atoms with van der Waals surface area (Å²) >= 11 is 0. The van der Waals surface area contributed by atoms with E-state index in [-0.39, 0.29) is 12.1 Å². The van der Waals surface area contributed by atoms with Crippen molar-refractivity contribution in [3.63, 3.8) is 0 Å². The van der Waals surface area contributed by atoms with Crippen LogP contribution in [0.3, 0.4) is 0 Å². The highest BCUT2D eigenvalue weighted by Crippen LogP contribution is 2.30. The number of nitrogens with one attached hydrogen (secondary N) is 1. The van der Waals surface area contributed by atoms with Gasteiger partial charge in [0.05, 0.1) is 18.3 Å². The van der Waals surface area contributed by atoms with Gasteiger partial charge in [-0.15, -0.1) is 5.10 Å². The Morgan fingerprint density at radius 3 is 2.81 bits per heavy atom. The van der Waals surface area contributed by atoms with Gasteiger partial charge >= 0.3 is 0 Å². The van der Waals surface area contributed by atoms with E-state index < -0.39 is 0 Å². The summed E-state index contributed by atoms with van der Waals surface area (Å²) in [6, 6.07) is 8.02. The third-order valence-electron chi connectivity index (χ3n) is 4.97. The molecule has 4 rings (SSSR count). The van der Waals surface area contributed by atoms with Crippen LogP contribution in [-0.4, -0.2) is 36.2 Å². The lowest BCUT2D eigenvalue weighted by Crippen LogP contribution is -2.27.